The number of amides is 2. The summed E-state index contributed by atoms with van der Waals surface area (Å²) in [4.78, 5) is 27.5. The number of hydrogen-bond donors (Lipinski definition) is 4. The van der Waals surface area contributed by atoms with Gasteiger partial charge in [0.15, 0.2) is 11.5 Å². The summed E-state index contributed by atoms with van der Waals surface area (Å²) in [5.41, 5.74) is 0.198. The number of rotatable bonds is 5. The molecular weight excluding hydrogens is 302 g/mol. The first kappa shape index (κ1) is 12.3. The fourth-order valence-corrected chi connectivity index (χ4v) is 1.68. The Labute approximate surface area is 136 Å². The third kappa shape index (κ3) is 4.60. The number of carbonyl (C=O) groups excluding carboxylic acids is 2. The van der Waals surface area contributed by atoms with Crippen LogP contribution in [0.3, 0.4) is 0 Å². The van der Waals surface area contributed by atoms with Gasteiger partial charge in [0.2, 0.25) is 17.7 Å². The number of nitrogens with zero attached hydrogens (tertiary/aromatic N) is 1. The number of phenols is 2. The van der Waals surface area contributed by atoms with E-state index in [0.29, 0.717) is 0 Å². The highest BCUT2D eigenvalue weighted by atomic mass is 16.5. The molecule has 1 aromatic heterocycles. The van der Waals surface area contributed by atoms with Gasteiger partial charge in [-0.1, -0.05) is 6.07 Å². The molecule has 0 aliphatic carbocycles. The van der Waals surface area contributed by atoms with Crippen molar-refractivity contribution in [2.45, 2.75) is 6.42 Å². The molecule has 23 heavy (non-hydrogen) atoms. The van der Waals surface area contributed by atoms with Gasteiger partial charge < -0.3 is 25.6 Å². The molecule has 0 fully saturated rings. The zero-order chi connectivity index (χ0) is 19.3. The zero-order valence-electron chi connectivity index (χ0n) is 14.7. The SMILES string of the molecule is [2H]C([2H])([2H])Oc1cccc(NC(=O)CC(=O)Nc2ccc(O)c(O)c2)n1. The van der Waals surface area contributed by atoms with Crippen molar-refractivity contribution in [2.75, 3.05) is 17.7 Å². The van der Waals surface area contributed by atoms with Crippen LogP contribution in [0.4, 0.5) is 11.5 Å². The van der Waals surface area contributed by atoms with Crippen LogP contribution in [0, 0.1) is 0 Å². The Bertz CT molecular complexity index is 826. The summed E-state index contributed by atoms with van der Waals surface area (Å²) in [5, 5.41) is 23.3. The maximum Gasteiger partial charge on any atom is 0.234 e. The predicted octanol–water partition coefficient (Wildman–Crippen LogP) is 1.47. The number of ether oxygens (including phenoxy) is 1. The molecule has 120 valence electrons. The van der Waals surface area contributed by atoms with Crippen LogP contribution in [-0.4, -0.2) is 34.0 Å². The molecule has 2 rings (SSSR count). The fourth-order valence-electron chi connectivity index (χ4n) is 1.68. The lowest BCUT2D eigenvalue weighted by Gasteiger charge is -2.07. The van der Waals surface area contributed by atoms with Gasteiger partial charge in [-0.3, -0.25) is 9.59 Å². The van der Waals surface area contributed by atoms with Gasteiger partial charge in [-0.2, -0.15) is 4.98 Å². The van der Waals surface area contributed by atoms with Gasteiger partial charge in [-0.15, -0.1) is 0 Å². The van der Waals surface area contributed by atoms with Crippen molar-refractivity contribution in [1.82, 2.24) is 4.98 Å². The number of aromatic nitrogens is 1. The Morgan fingerprint density at radius 2 is 1.96 bits per heavy atom. The molecule has 1 heterocycles. The number of phenolic OH excluding ortho intramolecular Hbond substituents is 2. The molecular formula is C15H15N3O5. The van der Waals surface area contributed by atoms with Gasteiger partial charge in [-0.25, -0.2) is 0 Å². The van der Waals surface area contributed by atoms with Gasteiger partial charge in [0.05, 0.1) is 11.2 Å². The van der Waals surface area contributed by atoms with E-state index in [2.05, 4.69) is 20.4 Å². The average molecular weight is 320 g/mol. The van der Waals surface area contributed by atoms with E-state index in [1.54, 1.807) is 0 Å². The van der Waals surface area contributed by atoms with Gasteiger partial charge in [-0.05, 0) is 18.2 Å². The fraction of sp³-hybridized carbons (Fsp3) is 0.133. The van der Waals surface area contributed by atoms with Crippen LogP contribution in [-0.2, 0) is 9.59 Å². The van der Waals surface area contributed by atoms with Crippen LogP contribution in [0.25, 0.3) is 0 Å². The third-order valence-electron chi connectivity index (χ3n) is 2.68. The lowest BCUT2D eigenvalue weighted by molar-refractivity contribution is -0.123. The molecule has 2 aromatic rings. The minimum atomic E-state index is -2.68. The van der Waals surface area contributed by atoms with E-state index in [4.69, 9.17) is 4.11 Å². The Kier molecular flexibility index (Phi) is 3.80. The van der Waals surface area contributed by atoms with Crippen molar-refractivity contribution in [2.24, 2.45) is 0 Å². The van der Waals surface area contributed by atoms with Crippen molar-refractivity contribution in [3.63, 3.8) is 0 Å². The number of benzene rings is 1. The largest absolute Gasteiger partial charge is 0.504 e. The van der Waals surface area contributed by atoms with Crippen molar-refractivity contribution in [3.8, 4) is 17.4 Å². The Hall–Kier alpha value is -3.29. The van der Waals surface area contributed by atoms with Crippen LogP contribution < -0.4 is 15.4 Å². The van der Waals surface area contributed by atoms with Crippen LogP contribution >= 0.6 is 0 Å². The molecule has 0 saturated heterocycles. The Morgan fingerprint density at radius 1 is 1.17 bits per heavy atom. The molecule has 0 unspecified atom stereocenters. The number of carbonyl (C=O) groups is 2. The molecule has 8 heteroatoms. The summed E-state index contributed by atoms with van der Waals surface area (Å²) in [7, 11) is -2.68. The number of methoxy groups -OCH3 is 1. The number of pyridine rings is 1. The lowest BCUT2D eigenvalue weighted by atomic mass is 10.2. The van der Waals surface area contributed by atoms with Crippen molar-refractivity contribution in [1.29, 1.82) is 0 Å². The number of anilines is 2. The lowest BCUT2D eigenvalue weighted by Crippen LogP contribution is -2.21. The van der Waals surface area contributed by atoms with Crippen LogP contribution in [0.5, 0.6) is 17.4 Å². The van der Waals surface area contributed by atoms with Crippen LogP contribution in [0.2, 0.25) is 0 Å². The summed E-state index contributed by atoms with van der Waals surface area (Å²) in [6.07, 6.45) is -0.548. The van der Waals surface area contributed by atoms with Crippen LogP contribution in [0.15, 0.2) is 36.4 Å². The van der Waals surface area contributed by atoms with E-state index in [9.17, 15) is 19.8 Å². The maximum atomic E-state index is 11.9. The second-order valence-corrected chi connectivity index (χ2v) is 4.44. The summed E-state index contributed by atoms with van der Waals surface area (Å²) in [6, 6.07) is 7.81. The first-order valence-electron chi connectivity index (χ1n) is 7.90. The summed E-state index contributed by atoms with van der Waals surface area (Å²) >= 11 is 0. The molecule has 0 spiro atoms. The Balaban J connectivity index is 1.92. The molecule has 0 atom stereocenters. The second-order valence-electron chi connectivity index (χ2n) is 4.44. The first-order chi connectivity index (χ1) is 12.1. The second kappa shape index (κ2) is 7.12. The summed E-state index contributed by atoms with van der Waals surface area (Å²) in [6.45, 7) is 0. The van der Waals surface area contributed by atoms with E-state index in [1.807, 2.05) is 0 Å². The van der Waals surface area contributed by atoms with Gasteiger partial charge in [0.1, 0.15) is 12.2 Å². The van der Waals surface area contributed by atoms with E-state index in [-0.39, 0.29) is 23.1 Å². The van der Waals surface area contributed by atoms with E-state index < -0.39 is 31.0 Å². The van der Waals surface area contributed by atoms with E-state index >= 15 is 0 Å². The van der Waals surface area contributed by atoms with E-state index in [1.165, 1.54) is 30.3 Å². The third-order valence-corrected chi connectivity index (χ3v) is 2.68. The van der Waals surface area contributed by atoms with E-state index in [0.717, 1.165) is 6.07 Å². The molecule has 0 saturated carbocycles. The van der Waals surface area contributed by atoms with Gasteiger partial charge >= 0.3 is 0 Å². The number of nitrogens with one attached hydrogen (secondary N) is 2. The minimum absolute atomic E-state index is 0.0202. The van der Waals surface area contributed by atoms with Crippen molar-refractivity contribution < 1.29 is 28.7 Å². The molecule has 0 aliphatic rings. The smallest absolute Gasteiger partial charge is 0.234 e. The first-order valence-corrected chi connectivity index (χ1v) is 6.40. The predicted molar refractivity (Wildman–Crippen MR) is 82.4 cm³/mol. The number of aromatic hydroxyl groups is 2. The molecule has 0 radical (unpaired) electrons. The Morgan fingerprint density at radius 3 is 2.70 bits per heavy atom. The average Bonchev–Trinajstić information content (AvgIpc) is 2.49. The standard InChI is InChI=1S/C15H15N3O5/c1-23-15-4-2-3-12(18-15)17-14(22)8-13(21)16-9-5-6-10(19)11(20)7-9/h2-7,19-20H,8H2,1H3,(H,16,21)(H,17,18,22)/i1D3. The zero-order valence-corrected chi connectivity index (χ0v) is 11.7. The molecule has 1 aromatic carbocycles. The normalized spacial score (nSPS) is 12.4. The summed E-state index contributed by atoms with van der Waals surface area (Å²) < 4.78 is 25.6. The molecule has 8 nitrogen and oxygen atoms in total. The van der Waals surface area contributed by atoms with Gasteiger partial charge in [0, 0.05) is 17.8 Å². The highest BCUT2D eigenvalue weighted by Crippen LogP contribution is 2.27. The quantitative estimate of drug-likeness (QED) is 0.376. The summed E-state index contributed by atoms with van der Waals surface area (Å²) in [5.74, 6) is -2.29. The van der Waals surface area contributed by atoms with Crippen LogP contribution in [0.1, 0.15) is 10.5 Å². The highest BCUT2D eigenvalue weighted by molar-refractivity contribution is 6.07. The monoisotopic (exact) mass is 320 g/mol. The molecule has 4 N–H and O–H groups in total. The van der Waals surface area contributed by atoms with Crippen molar-refractivity contribution >= 4 is 23.3 Å². The molecule has 0 aliphatic heterocycles. The van der Waals surface area contributed by atoms with Gasteiger partial charge in [0.25, 0.3) is 0 Å². The minimum Gasteiger partial charge on any atom is -0.504 e. The molecule has 0 bridgehead atoms. The highest BCUT2D eigenvalue weighted by Gasteiger charge is 2.12. The topological polar surface area (TPSA) is 121 Å². The maximum absolute atomic E-state index is 11.9. The number of hydrogen-bond acceptors (Lipinski definition) is 6. The van der Waals surface area contributed by atoms with Crippen molar-refractivity contribution in [3.05, 3.63) is 36.4 Å². The molecule has 2 amide bonds.